The van der Waals surface area contributed by atoms with Gasteiger partial charge in [-0.25, -0.2) is 4.79 Å². The predicted molar refractivity (Wildman–Crippen MR) is 86.2 cm³/mol. The lowest BCUT2D eigenvalue weighted by Crippen LogP contribution is -2.49. The molecule has 1 aliphatic rings. The molecule has 0 bridgehead atoms. The first kappa shape index (κ1) is 17.0. The fourth-order valence-corrected chi connectivity index (χ4v) is 2.76. The summed E-state index contributed by atoms with van der Waals surface area (Å²) in [6.45, 7) is 4.18. The SMILES string of the molecule is CCC(=O)Nc1cccc(C(=O)N2CCC(C)CC2C(=O)O)c1. The van der Waals surface area contributed by atoms with E-state index in [0.29, 0.717) is 30.6 Å². The van der Waals surface area contributed by atoms with Crippen molar-refractivity contribution >= 4 is 23.5 Å². The van der Waals surface area contributed by atoms with Crippen molar-refractivity contribution < 1.29 is 19.5 Å². The molecule has 2 N–H and O–H groups in total. The van der Waals surface area contributed by atoms with Gasteiger partial charge in [-0.05, 0) is 37.0 Å². The fraction of sp³-hybridized carbons (Fsp3) is 0.471. The van der Waals surface area contributed by atoms with E-state index < -0.39 is 12.0 Å². The van der Waals surface area contributed by atoms with Crippen LogP contribution in [0.4, 0.5) is 5.69 Å². The molecule has 1 aromatic carbocycles. The minimum atomic E-state index is -0.972. The fourth-order valence-electron chi connectivity index (χ4n) is 2.76. The number of likely N-dealkylation sites (tertiary alicyclic amines) is 1. The summed E-state index contributed by atoms with van der Waals surface area (Å²) in [4.78, 5) is 37.0. The van der Waals surface area contributed by atoms with E-state index in [1.165, 1.54) is 4.90 Å². The summed E-state index contributed by atoms with van der Waals surface area (Å²) in [6.07, 6.45) is 1.61. The Kier molecular flexibility index (Phi) is 5.36. The first-order valence-corrected chi connectivity index (χ1v) is 7.86. The van der Waals surface area contributed by atoms with E-state index in [0.717, 1.165) is 6.42 Å². The van der Waals surface area contributed by atoms with Crippen molar-refractivity contribution in [1.29, 1.82) is 0 Å². The maximum absolute atomic E-state index is 12.7. The van der Waals surface area contributed by atoms with E-state index in [1.807, 2.05) is 6.92 Å². The summed E-state index contributed by atoms with van der Waals surface area (Å²) >= 11 is 0. The molecular weight excluding hydrogens is 296 g/mol. The summed E-state index contributed by atoms with van der Waals surface area (Å²) in [6, 6.07) is 5.83. The third-order valence-electron chi connectivity index (χ3n) is 4.12. The zero-order valence-corrected chi connectivity index (χ0v) is 13.4. The molecule has 23 heavy (non-hydrogen) atoms. The second-order valence-electron chi connectivity index (χ2n) is 5.96. The van der Waals surface area contributed by atoms with Gasteiger partial charge in [-0.15, -0.1) is 0 Å². The Morgan fingerprint density at radius 2 is 2.09 bits per heavy atom. The second kappa shape index (κ2) is 7.26. The summed E-state index contributed by atoms with van der Waals surface area (Å²) < 4.78 is 0. The van der Waals surface area contributed by atoms with E-state index in [1.54, 1.807) is 31.2 Å². The number of hydrogen-bond donors (Lipinski definition) is 2. The molecule has 124 valence electrons. The smallest absolute Gasteiger partial charge is 0.326 e. The number of amides is 2. The van der Waals surface area contributed by atoms with Crippen LogP contribution in [-0.4, -0.2) is 40.4 Å². The average molecular weight is 318 g/mol. The van der Waals surface area contributed by atoms with Gasteiger partial charge in [0.2, 0.25) is 5.91 Å². The molecule has 1 fully saturated rings. The highest BCUT2D eigenvalue weighted by Gasteiger charge is 2.35. The molecule has 1 heterocycles. The highest BCUT2D eigenvalue weighted by Crippen LogP contribution is 2.25. The van der Waals surface area contributed by atoms with Gasteiger partial charge in [0, 0.05) is 24.2 Å². The summed E-state index contributed by atoms with van der Waals surface area (Å²) in [7, 11) is 0. The van der Waals surface area contributed by atoms with E-state index in [-0.39, 0.29) is 17.7 Å². The van der Waals surface area contributed by atoms with Crippen molar-refractivity contribution in [3.05, 3.63) is 29.8 Å². The van der Waals surface area contributed by atoms with Crippen LogP contribution in [0.3, 0.4) is 0 Å². The first-order valence-electron chi connectivity index (χ1n) is 7.86. The lowest BCUT2D eigenvalue weighted by Gasteiger charge is -2.36. The maximum atomic E-state index is 12.7. The number of nitrogens with one attached hydrogen (secondary N) is 1. The molecule has 0 aliphatic carbocycles. The number of carboxylic acids is 1. The largest absolute Gasteiger partial charge is 0.480 e. The molecule has 2 unspecified atom stereocenters. The molecule has 2 amide bonds. The van der Waals surface area contributed by atoms with Gasteiger partial charge in [-0.1, -0.05) is 19.9 Å². The van der Waals surface area contributed by atoms with Gasteiger partial charge in [-0.3, -0.25) is 9.59 Å². The second-order valence-corrected chi connectivity index (χ2v) is 5.96. The van der Waals surface area contributed by atoms with Crippen LogP contribution in [-0.2, 0) is 9.59 Å². The lowest BCUT2D eigenvalue weighted by atomic mass is 9.92. The number of rotatable bonds is 4. The molecule has 0 aromatic heterocycles. The molecule has 2 rings (SSSR count). The van der Waals surface area contributed by atoms with Crippen LogP contribution < -0.4 is 5.32 Å². The molecule has 2 atom stereocenters. The summed E-state index contributed by atoms with van der Waals surface area (Å²) in [5, 5.41) is 12.1. The van der Waals surface area contributed by atoms with Gasteiger partial charge in [0.15, 0.2) is 0 Å². The van der Waals surface area contributed by atoms with Crippen LogP contribution in [0.15, 0.2) is 24.3 Å². The molecule has 0 saturated carbocycles. The predicted octanol–water partition coefficient (Wildman–Crippen LogP) is 2.36. The third kappa shape index (κ3) is 4.09. The normalized spacial score (nSPS) is 20.9. The maximum Gasteiger partial charge on any atom is 0.326 e. The lowest BCUT2D eigenvalue weighted by molar-refractivity contribution is -0.144. The van der Waals surface area contributed by atoms with Crippen molar-refractivity contribution in [2.24, 2.45) is 5.92 Å². The van der Waals surface area contributed by atoms with Crippen LogP contribution in [0.5, 0.6) is 0 Å². The standard InChI is InChI=1S/C17H22N2O4/c1-3-15(20)18-13-6-4-5-12(10-13)16(21)19-8-7-11(2)9-14(19)17(22)23/h4-6,10-11,14H,3,7-9H2,1-2H3,(H,18,20)(H,22,23). The van der Waals surface area contributed by atoms with Crippen molar-refractivity contribution in [3.63, 3.8) is 0 Å². The number of anilines is 1. The summed E-state index contributed by atoms with van der Waals surface area (Å²) in [5.41, 5.74) is 0.930. The molecule has 1 aromatic rings. The topological polar surface area (TPSA) is 86.7 Å². The molecule has 1 saturated heterocycles. The van der Waals surface area contributed by atoms with Crippen LogP contribution >= 0.6 is 0 Å². The zero-order chi connectivity index (χ0) is 17.0. The highest BCUT2D eigenvalue weighted by molar-refractivity contribution is 5.98. The van der Waals surface area contributed by atoms with Crippen molar-refractivity contribution in [2.45, 2.75) is 39.2 Å². The number of piperidine rings is 1. The molecule has 0 spiro atoms. The third-order valence-corrected chi connectivity index (χ3v) is 4.12. The van der Waals surface area contributed by atoms with E-state index >= 15 is 0 Å². The number of carboxylic acid groups (broad SMARTS) is 1. The Bertz CT molecular complexity index is 614. The Morgan fingerprint density at radius 1 is 1.35 bits per heavy atom. The Balaban J connectivity index is 2.20. The molecule has 6 nitrogen and oxygen atoms in total. The van der Waals surface area contributed by atoms with Crippen molar-refractivity contribution in [1.82, 2.24) is 4.90 Å². The van der Waals surface area contributed by atoms with Gasteiger partial charge in [-0.2, -0.15) is 0 Å². The monoisotopic (exact) mass is 318 g/mol. The van der Waals surface area contributed by atoms with Gasteiger partial charge >= 0.3 is 5.97 Å². The quantitative estimate of drug-likeness (QED) is 0.892. The zero-order valence-electron chi connectivity index (χ0n) is 13.4. The van der Waals surface area contributed by atoms with Crippen molar-refractivity contribution in [2.75, 3.05) is 11.9 Å². The molecule has 6 heteroatoms. The van der Waals surface area contributed by atoms with Crippen LogP contribution in [0.2, 0.25) is 0 Å². The van der Waals surface area contributed by atoms with E-state index in [9.17, 15) is 19.5 Å². The van der Waals surface area contributed by atoms with Crippen LogP contribution in [0, 0.1) is 5.92 Å². The number of nitrogens with zero attached hydrogens (tertiary/aromatic N) is 1. The van der Waals surface area contributed by atoms with Crippen LogP contribution in [0.1, 0.15) is 43.5 Å². The van der Waals surface area contributed by atoms with Crippen molar-refractivity contribution in [3.8, 4) is 0 Å². The average Bonchev–Trinajstić information content (AvgIpc) is 2.54. The number of benzene rings is 1. The molecule has 0 radical (unpaired) electrons. The Hall–Kier alpha value is -2.37. The van der Waals surface area contributed by atoms with E-state index in [4.69, 9.17) is 0 Å². The highest BCUT2D eigenvalue weighted by atomic mass is 16.4. The van der Waals surface area contributed by atoms with Gasteiger partial charge < -0.3 is 15.3 Å². The number of hydrogen-bond acceptors (Lipinski definition) is 3. The summed E-state index contributed by atoms with van der Waals surface area (Å²) in [5.74, 6) is -1.13. The van der Waals surface area contributed by atoms with E-state index in [2.05, 4.69) is 5.32 Å². The number of carbonyl (C=O) groups is 3. The Labute approximate surface area is 135 Å². The minimum absolute atomic E-state index is 0.134. The number of carbonyl (C=O) groups excluding carboxylic acids is 2. The first-order chi connectivity index (χ1) is 10.9. The molecule has 1 aliphatic heterocycles. The minimum Gasteiger partial charge on any atom is -0.480 e. The molecular formula is C17H22N2O4. The number of aliphatic carboxylic acids is 1. The van der Waals surface area contributed by atoms with Crippen LogP contribution in [0.25, 0.3) is 0 Å². The van der Waals surface area contributed by atoms with Gasteiger partial charge in [0.05, 0.1) is 0 Å². The Morgan fingerprint density at radius 3 is 2.74 bits per heavy atom. The van der Waals surface area contributed by atoms with Gasteiger partial charge in [0.1, 0.15) is 6.04 Å². The van der Waals surface area contributed by atoms with Gasteiger partial charge in [0.25, 0.3) is 5.91 Å².